The highest BCUT2D eigenvalue weighted by atomic mass is 16.6. The molecule has 0 aromatic heterocycles. The van der Waals surface area contributed by atoms with Crippen molar-refractivity contribution in [2.75, 3.05) is 39.4 Å². The van der Waals surface area contributed by atoms with Crippen LogP contribution in [0.25, 0.3) is 0 Å². The molecule has 10 atom stereocenters. The average Bonchev–Trinajstić information content (AvgIpc) is 3.65. The maximum atomic E-state index is 13.4. The molecule has 5 aliphatic carbocycles. The molecule has 2 N–H and O–H groups in total. The van der Waals surface area contributed by atoms with E-state index in [4.69, 9.17) is 18.9 Å². The monoisotopic (exact) mass is 682 g/mol. The van der Waals surface area contributed by atoms with Gasteiger partial charge in [-0.25, -0.2) is 0 Å². The summed E-state index contributed by atoms with van der Waals surface area (Å²) in [7, 11) is 0. The lowest BCUT2D eigenvalue weighted by Crippen LogP contribution is -2.76. The number of allylic oxidation sites excluding steroid dienone is 3. The normalized spacial score (nSPS) is 43.1. The van der Waals surface area contributed by atoms with Crippen LogP contribution in [0.2, 0.25) is 0 Å². The van der Waals surface area contributed by atoms with E-state index in [-0.39, 0.29) is 48.7 Å². The van der Waals surface area contributed by atoms with Gasteiger partial charge in [0, 0.05) is 56.0 Å². The summed E-state index contributed by atoms with van der Waals surface area (Å²) in [5.41, 5.74) is -1.48. The first-order valence-electron chi connectivity index (χ1n) is 18.6. The Balaban J connectivity index is 0.910. The molecule has 2 unspecified atom stereocenters. The molecule has 10 nitrogen and oxygen atoms in total. The number of Topliss-reactive ketones (excluding diaryl/α,β-unsaturated/α-hetero) is 2. The highest BCUT2D eigenvalue weighted by Crippen LogP contribution is 2.69. The molecular formula is C40H46N2O8. The summed E-state index contributed by atoms with van der Waals surface area (Å²) in [6.45, 7) is 11.3. The van der Waals surface area contributed by atoms with E-state index in [9.17, 15) is 19.8 Å². The molecule has 264 valence electrons. The van der Waals surface area contributed by atoms with Gasteiger partial charge in [0.2, 0.25) is 0 Å². The third-order valence-electron chi connectivity index (χ3n) is 14.5. The topological polar surface area (TPSA) is 118 Å². The van der Waals surface area contributed by atoms with E-state index < -0.39 is 34.2 Å². The van der Waals surface area contributed by atoms with Crippen molar-refractivity contribution in [1.29, 1.82) is 0 Å². The predicted octanol–water partition coefficient (Wildman–Crippen LogP) is 3.15. The third-order valence-corrected chi connectivity index (χ3v) is 14.5. The largest absolute Gasteiger partial charge is 0.487 e. The van der Waals surface area contributed by atoms with Crippen molar-refractivity contribution in [1.82, 2.24) is 9.80 Å². The van der Waals surface area contributed by atoms with Crippen LogP contribution in [0.1, 0.15) is 56.1 Å². The Kier molecular flexibility index (Phi) is 6.61. The van der Waals surface area contributed by atoms with E-state index in [0.29, 0.717) is 81.1 Å². The molecule has 50 heavy (non-hydrogen) atoms. The van der Waals surface area contributed by atoms with Crippen LogP contribution in [0.15, 0.2) is 61.1 Å². The Morgan fingerprint density at radius 1 is 0.880 bits per heavy atom. The van der Waals surface area contributed by atoms with Crippen LogP contribution >= 0.6 is 0 Å². The van der Waals surface area contributed by atoms with Crippen molar-refractivity contribution in [3.05, 3.63) is 72.2 Å². The summed E-state index contributed by atoms with van der Waals surface area (Å²) in [5.74, 6) is 2.58. The van der Waals surface area contributed by atoms with Gasteiger partial charge in [-0.3, -0.25) is 19.4 Å². The van der Waals surface area contributed by atoms with Gasteiger partial charge in [0.25, 0.3) is 0 Å². The molecule has 2 spiro atoms. The quantitative estimate of drug-likeness (QED) is 0.297. The molecule has 10 heteroatoms. The summed E-state index contributed by atoms with van der Waals surface area (Å²) >= 11 is 0. The number of piperidine rings is 2. The summed E-state index contributed by atoms with van der Waals surface area (Å²) in [6.07, 6.45) is 10.8. The van der Waals surface area contributed by atoms with Crippen LogP contribution in [0.5, 0.6) is 11.5 Å². The number of nitrogens with zero attached hydrogens (tertiary/aromatic N) is 2. The third kappa shape index (κ3) is 3.59. The molecule has 1 aromatic carbocycles. The number of likely N-dealkylation sites (tertiary alicyclic amines) is 2. The van der Waals surface area contributed by atoms with Gasteiger partial charge in [-0.05, 0) is 68.7 Å². The smallest absolute Gasteiger partial charge is 0.174 e. The number of ketones is 2. The second-order valence-electron chi connectivity index (χ2n) is 16.2. The first-order chi connectivity index (χ1) is 24.2. The maximum absolute atomic E-state index is 13.4. The van der Waals surface area contributed by atoms with Gasteiger partial charge in [0.1, 0.15) is 19.0 Å². The Labute approximate surface area is 292 Å². The summed E-state index contributed by atoms with van der Waals surface area (Å²) in [4.78, 5) is 31.5. The minimum absolute atomic E-state index is 0.0436. The van der Waals surface area contributed by atoms with E-state index in [1.807, 2.05) is 24.3 Å². The van der Waals surface area contributed by atoms with Gasteiger partial charge in [-0.15, -0.1) is 13.2 Å². The minimum atomic E-state index is -1.07. The fourth-order valence-electron chi connectivity index (χ4n) is 12.7. The Hall–Kier alpha value is -3.44. The van der Waals surface area contributed by atoms with Crippen molar-refractivity contribution >= 4 is 11.6 Å². The van der Waals surface area contributed by atoms with Gasteiger partial charge in [0.05, 0.1) is 22.0 Å². The lowest BCUT2D eigenvalue weighted by molar-refractivity contribution is -0.242. The van der Waals surface area contributed by atoms with Crippen molar-refractivity contribution in [3.63, 3.8) is 0 Å². The number of aliphatic hydroxyl groups is 2. The SMILES string of the molecule is C=CCN1CC[C@]23c4c5ccc(OCCOC6=C7O[C@H]8C(=O)CC[C@@]9(O)[C@H]%10CC(C=C6)C7[C@@]89CCN%10CC=C)c4O[C@H]2C(=O)CC[C@@]3(O)[C@H]1C5. The number of carbonyl (C=O) groups excluding carboxylic acids is 2. The highest BCUT2D eigenvalue weighted by molar-refractivity contribution is 5.90. The van der Waals surface area contributed by atoms with Crippen LogP contribution < -0.4 is 9.47 Å². The summed E-state index contributed by atoms with van der Waals surface area (Å²) < 4.78 is 25.8. The number of hydrogen-bond acceptors (Lipinski definition) is 10. The number of hydrogen-bond donors (Lipinski definition) is 2. The van der Waals surface area contributed by atoms with E-state index >= 15 is 0 Å². The molecule has 0 radical (unpaired) electrons. The van der Waals surface area contributed by atoms with Gasteiger partial charge >= 0.3 is 0 Å². The number of rotatable bonds is 9. The number of carbonyl (C=O) groups is 2. The molecule has 4 heterocycles. The zero-order valence-corrected chi connectivity index (χ0v) is 28.5. The fourth-order valence-corrected chi connectivity index (χ4v) is 12.7. The molecular weight excluding hydrogens is 636 g/mol. The molecule has 10 rings (SSSR count). The van der Waals surface area contributed by atoms with Crippen LogP contribution in [-0.2, 0) is 30.9 Å². The van der Waals surface area contributed by atoms with Crippen LogP contribution in [0, 0.1) is 17.3 Å². The first-order valence-corrected chi connectivity index (χ1v) is 18.6. The molecule has 9 aliphatic rings. The van der Waals surface area contributed by atoms with Gasteiger partial charge < -0.3 is 29.2 Å². The van der Waals surface area contributed by atoms with Gasteiger partial charge in [0.15, 0.2) is 41.0 Å². The van der Waals surface area contributed by atoms with E-state index in [0.717, 1.165) is 30.6 Å². The van der Waals surface area contributed by atoms with Crippen LogP contribution in [0.3, 0.4) is 0 Å². The maximum Gasteiger partial charge on any atom is 0.174 e. The second kappa shape index (κ2) is 10.6. The van der Waals surface area contributed by atoms with Gasteiger partial charge in [-0.1, -0.05) is 24.3 Å². The van der Waals surface area contributed by atoms with Crippen molar-refractivity contribution < 1.29 is 38.7 Å². The van der Waals surface area contributed by atoms with Crippen molar-refractivity contribution in [2.24, 2.45) is 17.3 Å². The molecule has 4 aliphatic heterocycles. The Morgan fingerprint density at radius 3 is 2.40 bits per heavy atom. The lowest BCUT2D eigenvalue weighted by atomic mass is 9.44. The minimum Gasteiger partial charge on any atom is -0.487 e. The number of benzene rings is 1. The van der Waals surface area contributed by atoms with Crippen LogP contribution in [0.4, 0.5) is 0 Å². The van der Waals surface area contributed by atoms with Gasteiger partial charge in [-0.2, -0.15) is 0 Å². The fraction of sp³-hybridized carbons (Fsp3) is 0.600. The van der Waals surface area contributed by atoms with Crippen molar-refractivity contribution in [2.45, 2.75) is 92.3 Å². The zero-order chi connectivity index (χ0) is 34.2. The Morgan fingerprint density at radius 2 is 1.60 bits per heavy atom. The first kappa shape index (κ1) is 31.3. The molecule has 3 saturated heterocycles. The average molecular weight is 683 g/mol. The summed E-state index contributed by atoms with van der Waals surface area (Å²) in [6, 6.07) is 3.84. The zero-order valence-electron chi connectivity index (χ0n) is 28.5. The van der Waals surface area contributed by atoms with E-state index in [2.05, 4.69) is 35.1 Å². The summed E-state index contributed by atoms with van der Waals surface area (Å²) in [5, 5.41) is 24.9. The lowest BCUT2D eigenvalue weighted by Gasteiger charge is -2.65. The van der Waals surface area contributed by atoms with Crippen LogP contribution in [-0.4, -0.2) is 106 Å². The standard InChI is InChI=1S/C40H46N2O8/c1-3-15-41-17-13-37-31-23-5-7-27(33(31)49-35(37)25(43)9-11-39(37,45)29(41)21-23)47-19-20-48-28-8-6-24-22-30-40(46)12-10-26(44)36-38(40,32(24)34(28)50-36)14-18-42(30)16-4-2/h3-8,23,29-31,35-36,45-46H,1-2,9-22H2/t23?,29-,30-,31?,35+,36+,37+,38+,39-,40-/m1/s1. The van der Waals surface area contributed by atoms with Crippen molar-refractivity contribution in [3.8, 4) is 11.5 Å². The van der Waals surface area contributed by atoms with E-state index in [1.165, 1.54) is 0 Å². The highest BCUT2D eigenvalue weighted by Gasteiger charge is 2.77. The molecule has 3 saturated carbocycles. The second-order valence-corrected chi connectivity index (χ2v) is 16.2. The Bertz CT molecular complexity index is 1790. The molecule has 1 aromatic rings. The number of ether oxygens (including phenoxy) is 4. The molecule has 4 bridgehead atoms. The molecule has 0 amide bonds. The predicted molar refractivity (Wildman–Crippen MR) is 181 cm³/mol. The van der Waals surface area contributed by atoms with E-state index in [1.54, 1.807) is 0 Å². The molecule has 6 fully saturated rings.